The van der Waals surface area contributed by atoms with E-state index < -0.39 is 66.2 Å². The molecule has 13 nitrogen and oxygen atoms in total. The third-order valence-corrected chi connectivity index (χ3v) is 5.15. The van der Waals surface area contributed by atoms with Crippen molar-refractivity contribution in [2.45, 2.75) is 49.9 Å². The Kier molecular flexibility index (Phi) is 12.2. The second-order valence-electron chi connectivity index (χ2n) is 7.60. The average Bonchev–Trinajstić information content (AvgIpc) is 2.79. The lowest BCUT2D eigenvalue weighted by Crippen LogP contribution is -2.58. The Morgan fingerprint density at radius 2 is 1.40 bits per heavy atom. The lowest BCUT2D eigenvalue weighted by Gasteiger charge is -2.24. The van der Waals surface area contributed by atoms with E-state index in [0.717, 1.165) is 0 Å². The maximum Gasteiger partial charge on any atom is 0.326 e. The van der Waals surface area contributed by atoms with Gasteiger partial charge in [-0.05, 0) is 12.0 Å². The number of nitrogens with two attached hydrogens (primary N) is 2. The summed E-state index contributed by atoms with van der Waals surface area (Å²) in [5.74, 6) is -6.40. The standard InChI is InChI=1S/C21H29N5O8S/c22-12(10-35)18(30)25-14(8-11-4-2-1-3-5-11)19(31)26-15(9-17(28)29)20(32)24-13(21(33)34)6-7-16(23)27/h1-5,12-15,35H,6-10,22H2,(H2,23,27)(H,24,32)(H,25,30)(H,26,31)(H,28,29)(H,33,34). The van der Waals surface area contributed by atoms with E-state index in [4.69, 9.17) is 11.5 Å². The number of rotatable bonds is 15. The molecule has 1 aromatic carbocycles. The number of thiol groups is 1. The second-order valence-corrected chi connectivity index (χ2v) is 7.97. The molecule has 0 fully saturated rings. The summed E-state index contributed by atoms with van der Waals surface area (Å²) < 4.78 is 0. The second kappa shape index (κ2) is 14.6. The molecule has 9 N–H and O–H groups in total. The zero-order chi connectivity index (χ0) is 26.5. The summed E-state index contributed by atoms with van der Waals surface area (Å²) in [4.78, 5) is 71.6. The molecule has 0 aromatic heterocycles. The Labute approximate surface area is 206 Å². The third kappa shape index (κ3) is 10.9. The minimum atomic E-state index is -1.68. The zero-order valence-corrected chi connectivity index (χ0v) is 19.6. The number of carbonyl (C=O) groups excluding carboxylic acids is 4. The Bertz CT molecular complexity index is 930. The SMILES string of the molecule is NC(=O)CCC(NC(=O)C(CC(=O)O)NC(=O)C(Cc1ccccc1)NC(=O)C(N)CS)C(=O)O. The first-order chi connectivity index (χ1) is 16.4. The molecule has 1 aromatic rings. The van der Waals surface area contributed by atoms with Crippen molar-refractivity contribution in [1.82, 2.24) is 16.0 Å². The molecular formula is C21H29N5O8S. The number of amides is 4. The summed E-state index contributed by atoms with van der Waals surface area (Å²) in [5.41, 5.74) is 11.3. The van der Waals surface area contributed by atoms with Gasteiger partial charge in [-0.25, -0.2) is 4.79 Å². The summed E-state index contributed by atoms with van der Waals surface area (Å²) in [5, 5.41) is 25.3. The summed E-state index contributed by atoms with van der Waals surface area (Å²) in [6.45, 7) is 0. The highest BCUT2D eigenvalue weighted by Gasteiger charge is 2.31. The molecule has 0 saturated heterocycles. The number of hydrogen-bond acceptors (Lipinski definition) is 8. The van der Waals surface area contributed by atoms with Crippen LogP contribution in [0.3, 0.4) is 0 Å². The van der Waals surface area contributed by atoms with Gasteiger partial charge < -0.3 is 37.6 Å². The van der Waals surface area contributed by atoms with E-state index in [1.54, 1.807) is 30.3 Å². The first kappa shape index (κ1) is 29.4. The van der Waals surface area contributed by atoms with Crippen LogP contribution in [-0.4, -0.2) is 75.7 Å². The minimum Gasteiger partial charge on any atom is -0.481 e. The van der Waals surface area contributed by atoms with Crippen LogP contribution in [-0.2, 0) is 35.2 Å². The van der Waals surface area contributed by atoms with Crippen molar-refractivity contribution in [3.8, 4) is 0 Å². The normalized spacial score (nSPS) is 14.0. The predicted molar refractivity (Wildman–Crippen MR) is 126 cm³/mol. The molecule has 0 spiro atoms. The summed E-state index contributed by atoms with van der Waals surface area (Å²) in [6, 6.07) is 3.09. The first-order valence-electron chi connectivity index (χ1n) is 10.5. The van der Waals surface area contributed by atoms with Crippen LogP contribution in [0.5, 0.6) is 0 Å². The monoisotopic (exact) mass is 511 g/mol. The molecule has 4 unspecified atom stereocenters. The topological polar surface area (TPSA) is 231 Å². The highest BCUT2D eigenvalue weighted by atomic mass is 32.1. The lowest BCUT2D eigenvalue weighted by atomic mass is 10.0. The van der Waals surface area contributed by atoms with E-state index in [1.165, 1.54) is 0 Å². The number of nitrogens with one attached hydrogen (secondary N) is 3. The molecule has 35 heavy (non-hydrogen) atoms. The highest BCUT2D eigenvalue weighted by molar-refractivity contribution is 7.80. The van der Waals surface area contributed by atoms with Crippen molar-refractivity contribution < 1.29 is 39.0 Å². The fraction of sp³-hybridized carbons (Fsp3) is 0.429. The van der Waals surface area contributed by atoms with Crippen LogP contribution >= 0.6 is 12.6 Å². The van der Waals surface area contributed by atoms with Crippen molar-refractivity contribution in [2.75, 3.05) is 5.75 Å². The molecule has 0 aliphatic heterocycles. The average molecular weight is 512 g/mol. The Balaban J connectivity index is 3.07. The van der Waals surface area contributed by atoms with Gasteiger partial charge in [0.1, 0.15) is 18.1 Å². The molecule has 1 rings (SSSR count). The summed E-state index contributed by atoms with van der Waals surface area (Å²) >= 11 is 3.94. The van der Waals surface area contributed by atoms with Crippen molar-refractivity contribution in [2.24, 2.45) is 11.5 Å². The number of primary amides is 1. The molecule has 0 aliphatic rings. The van der Waals surface area contributed by atoms with Crippen molar-refractivity contribution in [3.63, 3.8) is 0 Å². The van der Waals surface area contributed by atoms with E-state index in [0.29, 0.717) is 5.56 Å². The maximum atomic E-state index is 13.0. The number of hydrogen-bond donors (Lipinski definition) is 8. The van der Waals surface area contributed by atoms with Gasteiger partial charge in [0, 0.05) is 18.6 Å². The van der Waals surface area contributed by atoms with Gasteiger partial charge in [0.25, 0.3) is 0 Å². The molecule has 0 saturated carbocycles. The van der Waals surface area contributed by atoms with Crippen LogP contribution in [0.15, 0.2) is 30.3 Å². The Hall–Kier alpha value is -3.65. The predicted octanol–water partition coefficient (Wildman–Crippen LogP) is -2.23. The van der Waals surface area contributed by atoms with Crippen LogP contribution in [0.2, 0.25) is 0 Å². The van der Waals surface area contributed by atoms with Crippen LogP contribution in [0.1, 0.15) is 24.8 Å². The highest BCUT2D eigenvalue weighted by Crippen LogP contribution is 2.06. The molecule has 192 valence electrons. The number of carboxylic acid groups (broad SMARTS) is 2. The minimum absolute atomic E-state index is 0.00255. The van der Waals surface area contributed by atoms with Crippen LogP contribution in [0.4, 0.5) is 0 Å². The van der Waals surface area contributed by atoms with Crippen LogP contribution in [0.25, 0.3) is 0 Å². The number of carboxylic acids is 2. The van der Waals surface area contributed by atoms with Gasteiger partial charge in [-0.2, -0.15) is 12.6 Å². The van der Waals surface area contributed by atoms with Gasteiger partial charge in [-0.1, -0.05) is 30.3 Å². The maximum absolute atomic E-state index is 13.0. The quantitative estimate of drug-likeness (QED) is 0.119. The number of aliphatic carboxylic acids is 2. The lowest BCUT2D eigenvalue weighted by molar-refractivity contribution is -0.143. The molecule has 0 aliphatic carbocycles. The molecule has 4 amide bonds. The largest absolute Gasteiger partial charge is 0.481 e. The van der Waals surface area contributed by atoms with Crippen LogP contribution in [0, 0.1) is 0 Å². The molecular weight excluding hydrogens is 482 g/mol. The van der Waals surface area contributed by atoms with Gasteiger partial charge in [0.05, 0.1) is 12.5 Å². The molecule has 14 heteroatoms. The van der Waals surface area contributed by atoms with Crippen molar-refractivity contribution in [1.29, 1.82) is 0 Å². The van der Waals surface area contributed by atoms with Crippen molar-refractivity contribution in [3.05, 3.63) is 35.9 Å². The van der Waals surface area contributed by atoms with E-state index in [1.807, 2.05) is 0 Å². The molecule has 4 atom stereocenters. The zero-order valence-electron chi connectivity index (χ0n) is 18.7. The Morgan fingerprint density at radius 1 is 0.857 bits per heavy atom. The Morgan fingerprint density at radius 3 is 1.91 bits per heavy atom. The smallest absolute Gasteiger partial charge is 0.326 e. The van der Waals surface area contributed by atoms with Crippen molar-refractivity contribution >= 4 is 48.2 Å². The van der Waals surface area contributed by atoms with E-state index >= 15 is 0 Å². The van der Waals surface area contributed by atoms with Gasteiger partial charge in [0.2, 0.25) is 23.6 Å². The van der Waals surface area contributed by atoms with E-state index in [9.17, 15) is 39.0 Å². The van der Waals surface area contributed by atoms with Gasteiger partial charge in [0.15, 0.2) is 0 Å². The van der Waals surface area contributed by atoms with Gasteiger partial charge in [-0.3, -0.25) is 24.0 Å². The first-order valence-corrected chi connectivity index (χ1v) is 11.1. The molecule has 0 bridgehead atoms. The molecule has 0 radical (unpaired) electrons. The third-order valence-electron chi connectivity index (χ3n) is 4.75. The summed E-state index contributed by atoms with van der Waals surface area (Å²) in [6.07, 6.45) is -1.56. The van der Waals surface area contributed by atoms with Gasteiger partial charge >= 0.3 is 11.9 Å². The van der Waals surface area contributed by atoms with E-state index in [-0.39, 0.29) is 25.0 Å². The summed E-state index contributed by atoms with van der Waals surface area (Å²) in [7, 11) is 0. The molecule has 0 heterocycles. The van der Waals surface area contributed by atoms with Crippen LogP contribution < -0.4 is 27.4 Å². The number of benzene rings is 1. The fourth-order valence-electron chi connectivity index (χ4n) is 2.89. The number of carbonyl (C=O) groups is 6. The van der Waals surface area contributed by atoms with E-state index in [2.05, 4.69) is 28.6 Å². The van der Waals surface area contributed by atoms with Gasteiger partial charge in [-0.15, -0.1) is 0 Å². The fourth-order valence-corrected chi connectivity index (χ4v) is 3.06.